The molecule has 106 valence electrons. The number of pyridine rings is 1. The number of aromatic nitrogens is 1. The number of hydrogen-bond donors (Lipinski definition) is 1. The number of methoxy groups -OCH3 is 1. The average molecular weight is 284 g/mol. The van der Waals surface area contributed by atoms with Gasteiger partial charge in [-0.15, -0.1) is 0 Å². The highest BCUT2D eigenvalue weighted by Crippen LogP contribution is 2.34. The van der Waals surface area contributed by atoms with Crippen LogP contribution in [-0.4, -0.2) is 12.1 Å². The van der Waals surface area contributed by atoms with Crippen LogP contribution in [0, 0.1) is 0 Å². The summed E-state index contributed by atoms with van der Waals surface area (Å²) >= 11 is 0. The van der Waals surface area contributed by atoms with E-state index >= 15 is 0 Å². The molecule has 2 N–H and O–H groups in total. The third-order valence-corrected chi connectivity index (χ3v) is 2.47. The summed E-state index contributed by atoms with van der Waals surface area (Å²) in [6, 6.07) is 6.73. The van der Waals surface area contributed by atoms with Crippen molar-refractivity contribution in [3.8, 4) is 17.4 Å². The van der Waals surface area contributed by atoms with Gasteiger partial charge >= 0.3 is 6.18 Å². The Hall–Kier alpha value is -2.44. The van der Waals surface area contributed by atoms with Gasteiger partial charge in [0.25, 0.3) is 0 Å². The van der Waals surface area contributed by atoms with E-state index in [4.69, 9.17) is 15.2 Å². The van der Waals surface area contributed by atoms with E-state index in [2.05, 4.69) is 4.98 Å². The molecule has 0 radical (unpaired) electrons. The Morgan fingerprint density at radius 2 is 1.85 bits per heavy atom. The third-order valence-electron chi connectivity index (χ3n) is 2.47. The number of nitrogen functional groups attached to an aromatic ring is 1. The zero-order valence-corrected chi connectivity index (χ0v) is 10.4. The summed E-state index contributed by atoms with van der Waals surface area (Å²) in [5, 5.41) is 0. The number of hydrogen-bond acceptors (Lipinski definition) is 4. The molecule has 0 amide bonds. The summed E-state index contributed by atoms with van der Waals surface area (Å²) in [6.45, 7) is 0. The molecule has 20 heavy (non-hydrogen) atoms. The first kappa shape index (κ1) is 14.0. The second kappa shape index (κ2) is 5.28. The molecule has 0 bridgehead atoms. The van der Waals surface area contributed by atoms with Gasteiger partial charge in [0, 0.05) is 24.0 Å². The molecule has 0 aliphatic heterocycles. The number of nitrogens with zero attached hydrogens (tertiary/aromatic N) is 1. The highest BCUT2D eigenvalue weighted by atomic mass is 19.4. The summed E-state index contributed by atoms with van der Waals surface area (Å²) in [4.78, 5) is 3.61. The maximum Gasteiger partial charge on any atom is 0.417 e. The molecule has 1 aromatic carbocycles. The van der Waals surface area contributed by atoms with E-state index in [1.165, 1.54) is 13.2 Å². The summed E-state index contributed by atoms with van der Waals surface area (Å²) in [5.41, 5.74) is 5.21. The maximum atomic E-state index is 12.4. The van der Waals surface area contributed by atoms with E-state index in [0.29, 0.717) is 17.6 Å². The van der Waals surface area contributed by atoms with E-state index in [-0.39, 0.29) is 11.6 Å². The minimum Gasteiger partial charge on any atom is -0.493 e. The van der Waals surface area contributed by atoms with Gasteiger partial charge in [0.15, 0.2) is 11.5 Å². The Kier molecular flexibility index (Phi) is 3.69. The number of benzene rings is 1. The van der Waals surface area contributed by atoms with Crippen molar-refractivity contribution in [1.82, 2.24) is 4.98 Å². The first-order valence-electron chi connectivity index (χ1n) is 5.55. The van der Waals surface area contributed by atoms with Gasteiger partial charge in [-0.2, -0.15) is 13.2 Å². The van der Waals surface area contributed by atoms with Crippen molar-refractivity contribution < 1.29 is 22.6 Å². The summed E-state index contributed by atoms with van der Waals surface area (Å²) in [7, 11) is 1.44. The zero-order valence-electron chi connectivity index (χ0n) is 10.4. The lowest BCUT2D eigenvalue weighted by Gasteiger charge is -2.11. The smallest absolute Gasteiger partial charge is 0.417 e. The molecule has 0 atom stereocenters. The lowest BCUT2D eigenvalue weighted by molar-refractivity contribution is -0.137. The number of halogens is 3. The molecule has 2 rings (SSSR count). The minimum absolute atomic E-state index is 0.0156. The molecule has 0 spiro atoms. The minimum atomic E-state index is -4.43. The summed E-state index contributed by atoms with van der Waals surface area (Å²) in [5.74, 6) is 0.697. The van der Waals surface area contributed by atoms with Crippen molar-refractivity contribution in [3.05, 3.63) is 42.1 Å². The molecule has 0 aliphatic carbocycles. The maximum absolute atomic E-state index is 12.4. The Bertz CT molecular complexity index is 598. The Balaban J connectivity index is 2.24. The molecule has 1 aromatic heterocycles. The Labute approximate surface area is 113 Å². The number of rotatable bonds is 3. The van der Waals surface area contributed by atoms with Crippen LogP contribution in [0.2, 0.25) is 0 Å². The molecule has 0 saturated carbocycles. The van der Waals surface area contributed by atoms with Crippen LogP contribution >= 0.6 is 0 Å². The molecule has 2 aromatic rings. The highest BCUT2D eigenvalue weighted by Gasteiger charge is 2.30. The van der Waals surface area contributed by atoms with Crippen LogP contribution in [0.4, 0.5) is 18.9 Å². The molecule has 0 fully saturated rings. The largest absolute Gasteiger partial charge is 0.493 e. The molecule has 1 heterocycles. The molecule has 4 nitrogen and oxygen atoms in total. The molecular weight excluding hydrogens is 273 g/mol. The Morgan fingerprint density at radius 3 is 2.40 bits per heavy atom. The van der Waals surface area contributed by atoms with E-state index in [0.717, 1.165) is 12.1 Å². The van der Waals surface area contributed by atoms with Crippen LogP contribution in [0.5, 0.6) is 17.4 Å². The van der Waals surface area contributed by atoms with Gasteiger partial charge in [-0.25, -0.2) is 4.98 Å². The van der Waals surface area contributed by atoms with Crippen LogP contribution in [0.3, 0.4) is 0 Å². The van der Waals surface area contributed by atoms with Gasteiger partial charge in [0.2, 0.25) is 5.88 Å². The normalized spacial score (nSPS) is 11.2. The van der Waals surface area contributed by atoms with E-state index in [1.54, 1.807) is 12.1 Å². The molecule has 7 heteroatoms. The van der Waals surface area contributed by atoms with E-state index < -0.39 is 11.7 Å². The van der Waals surface area contributed by atoms with Gasteiger partial charge < -0.3 is 15.2 Å². The first-order chi connectivity index (χ1) is 9.40. The van der Waals surface area contributed by atoms with Gasteiger partial charge in [-0.3, -0.25) is 0 Å². The van der Waals surface area contributed by atoms with Crippen molar-refractivity contribution in [2.75, 3.05) is 12.8 Å². The van der Waals surface area contributed by atoms with Crippen molar-refractivity contribution in [2.24, 2.45) is 0 Å². The van der Waals surface area contributed by atoms with Crippen molar-refractivity contribution in [2.45, 2.75) is 6.18 Å². The number of nitrogens with two attached hydrogens (primary N) is 1. The number of alkyl halides is 3. The zero-order chi connectivity index (χ0) is 14.8. The lowest BCUT2D eigenvalue weighted by Crippen LogP contribution is -2.05. The van der Waals surface area contributed by atoms with Crippen LogP contribution in [-0.2, 0) is 6.18 Å². The monoisotopic (exact) mass is 284 g/mol. The first-order valence-corrected chi connectivity index (χ1v) is 5.55. The molecule has 0 unspecified atom stereocenters. The quantitative estimate of drug-likeness (QED) is 0.877. The SMILES string of the molecule is COc1ccc(N)cc1Oc1ccc(C(F)(F)F)cn1. The third kappa shape index (κ3) is 3.11. The highest BCUT2D eigenvalue weighted by molar-refractivity contribution is 5.52. The summed E-state index contributed by atoms with van der Waals surface area (Å²) in [6.07, 6.45) is -3.73. The van der Waals surface area contributed by atoms with Gasteiger partial charge in [0.05, 0.1) is 12.7 Å². The summed E-state index contributed by atoms with van der Waals surface area (Å²) < 4.78 is 47.6. The molecular formula is C13H11F3N2O2. The average Bonchev–Trinajstić information content (AvgIpc) is 2.38. The fraction of sp³-hybridized carbons (Fsp3) is 0.154. The van der Waals surface area contributed by atoms with Crippen molar-refractivity contribution >= 4 is 5.69 Å². The molecule has 0 saturated heterocycles. The molecule has 0 aliphatic rings. The number of ether oxygens (including phenoxy) is 2. The second-order valence-electron chi connectivity index (χ2n) is 3.90. The topological polar surface area (TPSA) is 57.4 Å². The van der Waals surface area contributed by atoms with Gasteiger partial charge in [0.1, 0.15) is 0 Å². The van der Waals surface area contributed by atoms with E-state index in [1.807, 2.05) is 0 Å². The predicted molar refractivity (Wildman–Crippen MR) is 66.7 cm³/mol. The Morgan fingerprint density at radius 1 is 1.10 bits per heavy atom. The van der Waals surface area contributed by atoms with Crippen LogP contribution in [0.1, 0.15) is 5.56 Å². The predicted octanol–water partition coefficient (Wildman–Crippen LogP) is 3.48. The van der Waals surface area contributed by atoms with Crippen LogP contribution < -0.4 is 15.2 Å². The fourth-order valence-corrected chi connectivity index (χ4v) is 1.49. The van der Waals surface area contributed by atoms with Crippen LogP contribution in [0.15, 0.2) is 36.5 Å². The van der Waals surface area contributed by atoms with Crippen molar-refractivity contribution in [3.63, 3.8) is 0 Å². The fourth-order valence-electron chi connectivity index (χ4n) is 1.49. The standard InChI is InChI=1S/C13H11F3N2O2/c1-19-10-4-3-9(17)6-11(10)20-12-5-2-8(7-18-12)13(14,15)16/h2-7H,17H2,1H3. The van der Waals surface area contributed by atoms with Gasteiger partial charge in [-0.05, 0) is 18.2 Å². The van der Waals surface area contributed by atoms with Crippen molar-refractivity contribution in [1.29, 1.82) is 0 Å². The second-order valence-corrected chi connectivity index (χ2v) is 3.90. The van der Waals surface area contributed by atoms with E-state index in [9.17, 15) is 13.2 Å². The lowest BCUT2D eigenvalue weighted by atomic mass is 10.2. The number of anilines is 1. The van der Waals surface area contributed by atoms with Gasteiger partial charge in [-0.1, -0.05) is 0 Å². The van der Waals surface area contributed by atoms with Crippen LogP contribution in [0.25, 0.3) is 0 Å².